The molecule has 0 fully saturated rings. The predicted octanol–water partition coefficient (Wildman–Crippen LogP) is 1.21. The van der Waals surface area contributed by atoms with Gasteiger partial charge in [-0.1, -0.05) is 0 Å². The van der Waals surface area contributed by atoms with Crippen molar-refractivity contribution in [1.82, 2.24) is 5.32 Å². The smallest absolute Gasteiger partial charge is 0.153 e. The van der Waals surface area contributed by atoms with Crippen LogP contribution in [0.2, 0.25) is 0 Å². The molecule has 0 atom stereocenters. The van der Waals surface area contributed by atoms with Gasteiger partial charge in [-0.25, -0.2) is 8.42 Å². The minimum absolute atomic E-state index is 0.164. The van der Waals surface area contributed by atoms with Gasteiger partial charge >= 0.3 is 0 Å². The van der Waals surface area contributed by atoms with Gasteiger partial charge in [0.15, 0.2) is 9.84 Å². The van der Waals surface area contributed by atoms with Crippen LogP contribution >= 0.6 is 0 Å². The van der Waals surface area contributed by atoms with Crippen LogP contribution < -0.4 is 5.32 Å². The van der Waals surface area contributed by atoms with E-state index in [0.29, 0.717) is 6.54 Å². The Hall–Kier alpha value is -0.130. The van der Waals surface area contributed by atoms with Gasteiger partial charge in [0.2, 0.25) is 0 Å². The third-order valence-electron chi connectivity index (χ3n) is 3.01. The summed E-state index contributed by atoms with van der Waals surface area (Å²) in [6.07, 6.45) is 2.12. The molecule has 4 nitrogen and oxygen atoms in total. The van der Waals surface area contributed by atoms with Crippen molar-refractivity contribution in [3.8, 4) is 0 Å². The van der Waals surface area contributed by atoms with Crippen molar-refractivity contribution in [2.75, 3.05) is 26.5 Å². The van der Waals surface area contributed by atoms with Crippen LogP contribution in [-0.2, 0) is 14.6 Å². The van der Waals surface area contributed by atoms with Crippen molar-refractivity contribution in [3.63, 3.8) is 0 Å². The summed E-state index contributed by atoms with van der Waals surface area (Å²) in [5, 5.41) is 3.16. The van der Waals surface area contributed by atoms with E-state index < -0.39 is 14.6 Å². The fourth-order valence-electron chi connectivity index (χ4n) is 1.01. The van der Waals surface area contributed by atoms with E-state index in [9.17, 15) is 8.42 Å². The first-order chi connectivity index (χ1) is 7.02. The van der Waals surface area contributed by atoms with Gasteiger partial charge in [-0.2, -0.15) is 0 Å². The number of sulfone groups is 1. The molecular weight excluding hydrogens is 226 g/mol. The summed E-state index contributed by atoms with van der Waals surface area (Å²) in [5.41, 5.74) is -0.164. The van der Waals surface area contributed by atoms with Gasteiger partial charge in [-0.3, -0.25) is 0 Å². The SMILES string of the molecule is COC(C)(C)CCNCC(C)(C)S(C)(=O)=O. The normalized spacial score (nSPS) is 14.1. The minimum Gasteiger partial charge on any atom is -0.379 e. The number of nitrogens with one attached hydrogen (secondary N) is 1. The lowest BCUT2D eigenvalue weighted by atomic mass is 10.1. The second-order valence-electron chi connectivity index (χ2n) is 5.42. The van der Waals surface area contributed by atoms with Gasteiger partial charge in [0.05, 0.1) is 10.3 Å². The van der Waals surface area contributed by atoms with Gasteiger partial charge in [-0.15, -0.1) is 0 Å². The van der Waals surface area contributed by atoms with Crippen LogP contribution in [0.25, 0.3) is 0 Å². The third kappa shape index (κ3) is 5.27. The molecule has 0 aromatic heterocycles. The summed E-state index contributed by atoms with van der Waals surface area (Å²) >= 11 is 0. The van der Waals surface area contributed by atoms with Crippen LogP contribution in [0.15, 0.2) is 0 Å². The average Bonchev–Trinajstić information content (AvgIpc) is 2.11. The van der Waals surface area contributed by atoms with Crippen LogP contribution in [-0.4, -0.2) is 45.2 Å². The van der Waals surface area contributed by atoms with Gasteiger partial charge in [0, 0.05) is 19.9 Å². The number of hydrogen-bond donors (Lipinski definition) is 1. The summed E-state index contributed by atoms with van der Waals surface area (Å²) in [4.78, 5) is 0. The Labute approximate surface area is 99.7 Å². The number of ether oxygens (including phenoxy) is 1. The molecule has 0 radical (unpaired) electrons. The first-order valence-electron chi connectivity index (χ1n) is 5.47. The largest absolute Gasteiger partial charge is 0.379 e. The quantitative estimate of drug-likeness (QED) is 0.691. The fraction of sp³-hybridized carbons (Fsp3) is 1.00. The van der Waals surface area contributed by atoms with E-state index in [1.54, 1.807) is 21.0 Å². The molecule has 16 heavy (non-hydrogen) atoms. The molecule has 0 amide bonds. The van der Waals surface area contributed by atoms with E-state index in [1.165, 1.54) is 6.26 Å². The van der Waals surface area contributed by atoms with E-state index in [0.717, 1.165) is 13.0 Å². The summed E-state index contributed by atoms with van der Waals surface area (Å²) in [7, 11) is -1.34. The van der Waals surface area contributed by atoms with Gasteiger partial charge in [0.1, 0.15) is 0 Å². The Morgan fingerprint density at radius 1 is 1.19 bits per heavy atom. The maximum Gasteiger partial charge on any atom is 0.153 e. The molecule has 0 spiro atoms. The molecule has 0 unspecified atom stereocenters. The molecule has 0 heterocycles. The molecule has 0 aliphatic heterocycles. The van der Waals surface area contributed by atoms with E-state index >= 15 is 0 Å². The highest BCUT2D eigenvalue weighted by atomic mass is 32.2. The Bertz CT molecular complexity index is 307. The molecule has 0 aliphatic carbocycles. The van der Waals surface area contributed by atoms with Crippen LogP contribution in [0.1, 0.15) is 34.1 Å². The van der Waals surface area contributed by atoms with Crippen molar-refractivity contribution >= 4 is 9.84 Å². The lowest BCUT2D eigenvalue weighted by molar-refractivity contribution is 0.0158. The van der Waals surface area contributed by atoms with Crippen molar-refractivity contribution in [3.05, 3.63) is 0 Å². The van der Waals surface area contributed by atoms with Crippen molar-refractivity contribution in [2.45, 2.75) is 44.5 Å². The zero-order valence-corrected chi connectivity index (χ0v) is 12.1. The first kappa shape index (κ1) is 15.9. The molecular formula is C11H25NO3S. The molecule has 1 N–H and O–H groups in total. The number of rotatable bonds is 7. The predicted molar refractivity (Wildman–Crippen MR) is 67.5 cm³/mol. The molecule has 0 bridgehead atoms. The number of hydrogen-bond acceptors (Lipinski definition) is 4. The van der Waals surface area contributed by atoms with Crippen molar-refractivity contribution in [2.24, 2.45) is 0 Å². The van der Waals surface area contributed by atoms with Gasteiger partial charge in [0.25, 0.3) is 0 Å². The molecule has 0 rings (SSSR count). The van der Waals surface area contributed by atoms with Gasteiger partial charge < -0.3 is 10.1 Å². The van der Waals surface area contributed by atoms with Crippen LogP contribution in [0.4, 0.5) is 0 Å². The second-order valence-corrected chi connectivity index (χ2v) is 8.07. The Morgan fingerprint density at radius 2 is 1.69 bits per heavy atom. The van der Waals surface area contributed by atoms with Crippen LogP contribution in [0.3, 0.4) is 0 Å². The zero-order chi connectivity index (χ0) is 13.0. The maximum atomic E-state index is 11.4. The molecule has 0 aromatic rings. The first-order valence-corrected chi connectivity index (χ1v) is 7.36. The standard InChI is InChI=1S/C11H25NO3S/c1-10(2,15-5)7-8-12-9-11(3,4)16(6,13)14/h12H,7-9H2,1-6H3. The zero-order valence-electron chi connectivity index (χ0n) is 11.3. The molecule has 0 saturated carbocycles. The van der Waals surface area contributed by atoms with Gasteiger partial charge in [-0.05, 0) is 40.7 Å². The van der Waals surface area contributed by atoms with Crippen LogP contribution in [0.5, 0.6) is 0 Å². The topological polar surface area (TPSA) is 55.4 Å². The highest BCUT2D eigenvalue weighted by Gasteiger charge is 2.29. The second kappa shape index (κ2) is 5.47. The highest BCUT2D eigenvalue weighted by Crippen LogP contribution is 2.14. The van der Waals surface area contributed by atoms with E-state index in [1.807, 2.05) is 13.8 Å². The van der Waals surface area contributed by atoms with E-state index in [2.05, 4.69) is 5.32 Å². The summed E-state index contributed by atoms with van der Waals surface area (Å²) < 4.78 is 27.4. The average molecular weight is 251 g/mol. The highest BCUT2D eigenvalue weighted by molar-refractivity contribution is 7.92. The third-order valence-corrected chi connectivity index (χ3v) is 5.16. The molecule has 0 aliphatic rings. The molecule has 0 saturated heterocycles. The summed E-state index contributed by atoms with van der Waals surface area (Å²) in [6.45, 7) is 8.70. The van der Waals surface area contributed by atoms with E-state index in [-0.39, 0.29) is 5.60 Å². The fourth-order valence-corrected chi connectivity index (χ4v) is 1.38. The monoisotopic (exact) mass is 251 g/mol. The van der Waals surface area contributed by atoms with Crippen molar-refractivity contribution < 1.29 is 13.2 Å². The Morgan fingerprint density at radius 3 is 2.06 bits per heavy atom. The minimum atomic E-state index is -3.02. The number of methoxy groups -OCH3 is 1. The van der Waals surface area contributed by atoms with Crippen molar-refractivity contribution in [1.29, 1.82) is 0 Å². The lowest BCUT2D eigenvalue weighted by Gasteiger charge is -2.26. The summed E-state index contributed by atoms with van der Waals surface area (Å²) in [6, 6.07) is 0. The Balaban J connectivity index is 4.02. The van der Waals surface area contributed by atoms with E-state index in [4.69, 9.17) is 4.74 Å². The molecule has 98 valence electrons. The Kier molecular flexibility index (Phi) is 5.42. The summed E-state index contributed by atoms with van der Waals surface area (Å²) in [5.74, 6) is 0. The maximum absolute atomic E-state index is 11.4. The lowest BCUT2D eigenvalue weighted by Crippen LogP contribution is -2.43. The molecule has 5 heteroatoms. The molecule has 0 aromatic carbocycles. The van der Waals surface area contributed by atoms with Crippen LogP contribution in [0, 0.1) is 0 Å².